The Morgan fingerprint density at radius 3 is 2.57 bits per heavy atom. The summed E-state index contributed by atoms with van der Waals surface area (Å²) in [5, 5.41) is 19.9. The van der Waals surface area contributed by atoms with Crippen LogP contribution in [0, 0.1) is 11.3 Å². The summed E-state index contributed by atoms with van der Waals surface area (Å²) in [5.74, 6) is 1.34. The van der Waals surface area contributed by atoms with Gasteiger partial charge < -0.3 is 10.2 Å². The SMILES string of the molecule is N#Cc1ccc(Nc2nncc(N3CCCCC3)n2)cc1. The van der Waals surface area contributed by atoms with Crippen LogP contribution in [-0.2, 0) is 0 Å². The first-order chi connectivity index (χ1) is 10.3. The Morgan fingerprint density at radius 2 is 1.86 bits per heavy atom. The van der Waals surface area contributed by atoms with Gasteiger partial charge in [0.1, 0.15) is 0 Å². The maximum atomic E-state index is 8.79. The largest absolute Gasteiger partial charge is 0.355 e. The van der Waals surface area contributed by atoms with Crippen LogP contribution in [0.3, 0.4) is 0 Å². The van der Waals surface area contributed by atoms with Gasteiger partial charge in [0.25, 0.3) is 0 Å². The number of nitrogens with one attached hydrogen (secondary N) is 1. The molecule has 0 saturated carbocycles. The number of benzene rings is 1. The van der Waals surface area contributed by atoms with Crippen molar-refractivity contribution in [2.24, 2.45) is 0 Å². The fourth-order valence-electron chi connectivity index (χ4n) is 2.38. The molecule has 0 spiro atoms. The molecule has 0 radical (unpaired) electrons. The first kappa shape index (κ1) is 13.3. The number of hydrogen-bond donors (Lipinski definition) is 1. The summed E-state index contributed by atoms with van der Waals surface area (Å²) in [5.41, 5.74) is 1.47. The lowest BCUT2D eigenvalue weighted by Gasteiger charge is -2.27. The van der Waals surface area contributed by atoms with E-state index < -0.39 is 0 Å². The molecule has 6 nitrogen and oxygen atoms in total. The Hall–Kier alpha value is -2.68. The van der Waals surface area contributed by atoms with Crippen LogP contribution in [0.4, 0.5) is 17.5 Å². The standard InChI is InChI=1S/C15H16N6/c16-10-12-4-6-13(7-5-12)18-15-19-14(11-17-20-15)21-8-2-1-3-9-21/h4-7,11H,1-3,8-9H2,(H,18,19,20). The molecule has 6 heteroatoms. The highest BCUT2D eigenvalue weighted by Gasteiger charge is 2.13. The van der Waals surface area contributed by atoms with Crippen molar-refractivity contribution in [1.29, 1.82) is 5.26 Å². The Bertz CT molecular complexity index is 640. The van der Waals surface area contributed by atoms with Crippen LogP contribution in [0.1, 0.15) is 24.8 Å². The highest BCUT2D eigenvalue weighted by molar-refractivity contribution is 5.55. The average Bonchev–Trinajstić information content (AvgIpc) is 2.57. The molecular weight excluding hydrogens is 264 g/mol. The molecular formula is C15H16N6. The molecule has 1 saturated heterocycles. The number of nitrogens with zero attached hydrogens (tertiary/aromatic N) is 5. The van der Waals surface area contributed by atoms with Crippen molar-refractivity contribution in [3.63, 3.8) is 0 Å². The summed E-state index contributed by atoms with van der Waals surface area (Å²) < 4.78 is 0. The Morgan fingerprint density at radius 1 is 1.10 bits per heavy atom. The molecule has 1 aromatic heterocycles. The van der Waals surface area contributed by atoms with Gasteiger partial charge in [-0.2, -0.15) is 15.3 Å². The van der Waals surface area contributed by atoms with Crippen molar-refractivity contribution in [3.8, 4) is 6.07 Å². The quantitative estimate of drug-likeness (QED) is 0.930. The normalized spacial score (nSPS) is 14.5. The van der Waals surface area contributed by atoms with Gasteiger partial charge in [-0.25, -0.2) is 0 Å². The first-order valence-electron chi connectivity index (χ1n) is 7.07. The zero-order chi connectivity index (χ0) is 14.5. The molecule has 1 aliphatic heterocycles. The number of nitriles is 1. The molecule has 0 bridgehead atoms. The molecule has 1 N–H and O–H groups in total. The molecule has 0 amide bonds. The van der Waals surface area contributed by atoms with E-state index in [1.165, 1.54) is 19.3 Å². The van der Waals surface area contributed by atoms with E-state index in [-0.39, 0.29) is 0 Å². The Labute approximate surface area is 123 Å². The lowest BCUT2D eigenvalue weighted by Crippen LogP contribution is -2.30. The number of piperidine rings is 1. The van der Waals surface area contributed by atoms with Crippen molar-refractivity contribution >= 4 is 17.5 Å². The van der Waals surface area contributed by atoms with Crippen LogP contribution >= 0.6 is 0 Å². The molecule has 0 atom stereocenters. The Balaban J connectivity index is 1.74. The molecule has 0 aliphatic carbocycles. The number of aromatic nitrogens is 3. The minimum absolute atomic E-state index is 0.475. The number of anilines is 3. The fraction of sp³-hybridized carbons (Fsp3) is 0.333. The van der Waals surface area contributed by atoms with Gasteiger partial charge in [0, 0.05) is 18.8 Å². The molecule has 0 unspecified atom stereocenters. The van der Waals surface area contributed by atoms with E-state index in [0.29, 0.717) is 11.5 Å². The van der Waals surface area contributed by atoms with Crippen LogP contribution in [0.25, 0.3) is 0 Å². The van der Waals surface area contributed by atoms with E-state index in [4.69, 9.17) is 5.26 Å². The zero-order valence-electron chi connectivity index (χ0n) is 11.7. The van der Waals surface area contributed by atoms with Gasteiger partial charge in [0.15, 0.2) is 5.82 Å². The second-order valence-electron chi connectivity index (χ2n) is 5.00. The predicted octanol–water partition coefficient (Wildman–Crippen LogP) is 2.48. The van der Waals surface area contributed by atoms with E-state index in [9.17, 15) is 0 Å². The third kappa shape index (κ3) is 3.26. The predicted molar refractivity (Wildman–Crippen MR) is 80.3 cm³/mol. The highest BCUT2D eigenvalue weighted by Crippen LogP contribution is 2.19. The third-order valence-electron chi connectivity index (χ3n) is 3.50. The van der Waals surface area contributed by atoms with Gasteiger partial charge in [0.2, 0.25) is 5.95 Å². The number of hydrogen-bond acceptors (Lipinski definition) is 6. The van der Waals surface area contributed by atoms with E-state index in [1.807, 2.05) is 12.1 Å². The summed E-state index contributed by atoms with van der Waals surface area (Å²) >= 11 is 0. The first-order valence-corrected chi connectivity index (χ1v) is 7.07. The van der Waals surface area contributed by atoms with Gasteiger partial charge in [-0.1, -0.05) is 0 Å². The molecule has 3 rings (SSSR count). The van der Waals surface area contributed by atoms with Crippen LogP contribution in [0.15, 0.2) is 30.5 Å². The molecule has 2 heterocycles. The summed E-state index contributed by atoms with van der Waals surface area (Å²) in [6.45, 7) is 2.05. The van der Waals surface area contributed by atoms with E-state index in [0.717, 1.165) is 24.6 Å². The van der Waals surface area contributed by atoms with E-state index in [2.05, 4.69) is 31.5 Å². The summed E-state index contributed by atoms with van der Waals surface area (Å²) in [6, 6.07) is 9.26. The molecule has 1 aliphatic rings. The van der Waals surface area contributed by atoms with Crippen LogP contribution < -0.4 is 10.2 Å². The molecule has 1 aromatic carbocycles. The van der Waals surface area contributed by atoms with Gasteiger partial charge >= 0.3 is 0 Å². The van der Waals surface area contributed by atoms with Crippen molar-refractivity contribution in [2.75, 3.05) is 23.3 Å². The fourth-order valence-corrected chi connectivity index (χ4v) is 2.38. The van der Waals surface area contributed by atoms with Crippen molar-refractivity contribution < 1.29 is 0 Å². The monoisotopic (exact) mass is 280 g/mol. The summed E-state index contributed by atoms with van der Waals surface area (Å²) in [6.07, 6.45) is 5.38. The minimum atomic E-state index is 0.475. The second-order valence-corrected chi connectivity index (χ2v) is 5.00. The van der Waals surface area contributed by atoms with E-state index >= 15 is 0 Å². The summed E-state index contributed by atoms with van der Waals surface area (Å²) in [7, 11) is 0. The molecule has 106 valence electrons. The molecule has 1 fully saturated rings. The smallest absolute Gasteiger partial charge is 0.249 e. The molecule has 21 heavy (non-hydrogen) atoms. The topological polar surface area (TPSA) is 77.7 Å². The van der Waals surface area contributed by atoms with Gasteiger partial charge in [0.05, 0.1) is 17.8 Å². The average molecular weight is 280 g/mol. The maximum Gasteiger partial charge on any atom is 0.249 e. The van der Waals surface area contributed by atoms with Crippen molar-refractivity contribution in [3.05, 3.63) is 36.0 Å². The zero-order valence-corrected chi connectivity index (χ0v) is 11.7. The molecule has 2 aromatic rings. The lowest BCUT2D eigenvalue weighted by molar-refractivity contribution is 0.572. The van der Waals surface area contributed by atoms with Crippen molar-refractivity contribution in [2.45, 2.75) is 19.3 Å². The van der Waals surface area contributed by atoms with Crippen LogP contribution in [0.2, 0.25) is 0 Å². The van der Waals surface area contributed by atoms with Gasteiger partial charge in [-0.15, -0.1) is 5.10 Å². The van der Waals surface area contributed by atoms with E-state index in [1.54, 1.807) is 18.3 Å². The van der Waals surface area contributed by atoms with Crippen LogP contribution in [-0.4, -0.2) is 28.3 Å². The van der Waals surface area contributed by atoms with Gasteiger partial charge in [-0.3, -0.25) is 0 Å². The third-order valence-corrected chi connectivity index (χ3v) is 3.50. The maximum absolute atomic E-state index is 8.79. The summed E-state index contributed by atoms with van der Waals surface area (Å²) in [4.78, 5) is 6.75. The van der Waals surface area contributed by atoms with Crippen molar-refractivity contribution in [1.82, 2.24) is 15.2 Å². The number of rotatable bonds is 3. The second kappa shape index (κ2) is 6.18. The minimum Gasteiger partial charge on any atom is -0.355 e. The van der Waals surface area contributed by atoms with Gasteiger partial charge in [-0.05, 0) is 43.5 Å². The lowest BCUT2D eigenvalue weighted by atomic mass is 10.1. The highest BCUT2D eigenvalue weighted by atomic mass is 15.3. The van der Waals surface area contributed by atoms with Crippen LogP contribution in [0.5, 0.6) is 0 Å². The Kier molecular flexibility index (Phi) is 3.92.